The predicted octanol–water partition coefficient (Wildman–Crippen LogP) is 3.15. The zero-order valence-electron chi connectivity index (χ0n) is 11.5. The maximum atomic E-state index is 4.54. The van der Waals surface area contributed by atoms with E-state index >= 15 is 0 Å². The van der Waals surface area contributed by atoms with Crippen molar-refractivity contribution in [2.75, 3.05) is 6.54 Å². The van der Waals surface area contributed by atoms with Gasteiger partial charge in [-0.05, 0) is 55.6 Å². The molecule has 2 unspecified atom stereocenters. The number of hydrogen-bond donors (Lipinski definition) is 1. The molecule has 1 N–H and O–H groups in total. The first-order valence-corrected chi connectivity index (χ1v) is 7.25. The van der Waals surface area contributed by atoms with Gasteiger partial charge in [-0.2, -0.15) is 5.10 Å². The van der Waals surface area contributed by atoms with Crippen molar-refractivity contribution in [1.82, 2.24) is 15.1 Å². The van der Waals surface area contributed by atoms with Gasteiger partial charge in [-0.25, -0.2) is 0 Å². The number of aromatic nitrogens is 2. The summed E-state index contributed by atoms with van der Waals surface area (Å²) in [4.78, 5) is 0. The fraction of sp³-hybridized carbons (Fsp3) is 0.769. The first kappa shape index (κ1) is 14.7. The molecule has 0 fully saturated rings. The van der Waals surface area contributed by atoms with Crippen molar-refractivity contribution >= 4 is 15.9 Å². The highest BCUT2D eigenvalue weighted by Crippen LogP contribution is 2.24. The van der Waals surface area contributed by atoms with Gasteiger partial charge in [-0.15, -0.1) is 0 Å². The molecule has 0 aliphatic carbocycles. The summed E-state index contributed by atoms with van der Waals surface area (Å²) in [7, 11) is 0. The van der Waals surface area contributed by atoms with Crippen LogP contribution in [0.15, 0.2) is 4.47 Å². The maximum absolute atomic E-state index is 4.54. The minimum atomic E-state index is 0.535. The van der Waals surface area contributed by atoms with Gasteiger partial charge in [0.15, 0.2) is 0 Å². The monoisotopic (exact) mass is 301 g/mol. The number of rotatable bonds is 6. The Kier molecular flexibility index (Phi) is 5.67. The lowest BCUT2D eigenvalue weighted by Crippen LogP contribution is -2.33. The van der Waals surface area contributed by atoms with Crippen LogP contribution in [0.5, 0.6) is 0 Å². The lowest BCUT2D eigenvalue weighted by atomic mass is 9.97. The molecule has 0 aromatic carbocycles. The first-order chi connectivity index (χ1) is 8.01. The van der Waals surface area contributed by atoms with Crippen LogP contribution in [-0.2, 0) is 13.0 Å². The molecule has 0 radical (unpaired) electrons. The Labute approximate surface area is 113 Å². The van der Waals surface area contributed by atoms with Gasteiger partial charge in [0.05, 0.1) is 15.9 Å². The average Bonchev–Trinajstić information content (AvgIpc) is 2.57. The summed E-state index contributed by atoms with van der Waals surface area (Å²) in [5, 5.41) is 8.02. The van der Waals surface area contributed by atoms with Crippen LogP contribution >= 0.6 is 15.9 Å². The third-order valence-electron chi connectivity index (χ3n) is 3.35. The number of halogens is 1. The zero-order chi connectivity index (χ0) is 13.0. The molecule has 4 heteroatoms. The molecule has 17 heavy (non-hydrogen) atoms. The lowest BCUT2D eigenvalue weighted by molar-refractivity contribution is 0.395. The van der Waals surface area contributed by atoms with Crippen LogP contribution in [0.3, 0.4) is 0 Å². The van der Waals surface area contributed by atoms with Crippen molar-refractivity contribution in [3.63, 3.8) is 0 Å². The number of nitrogens with one attached hydrogen (secondary N) is 1. The SMILES string of the molecule is CCNC(C)C(C)Cc1c(Br)c(C)nn1CC. The number of nitrogens with zero attached hydrogens (tertiary/aromatic N) is 2. The zero-order valence-corrected chi connectivity index (χ0v) is 13.1. The van der Waals surface area contributed by atoms with E-state index in [2.05, 4.69) is 65.6 Å². The van der Waals surface area contributed by atoms with Crippen molar-refractivity contribution in [3.05, 3.63) is 15.9 Å². The Bertz CT molecular complexity index is 360. The number of aryl methyl sites for hydroxylation is 2. The molecule has 0 amide bonds. The second-order valence-corrected chi connectivity index (χ2v) is 5.48. The van der Waals surface area contributed by atoms with E-state index in [9.17, 15) is 0 Å². The van der Waals surface area contributed by atoms with Gasteiger partial charge in [0.25, 0.3) is 0 Å². The van der Waals surface area contributed by atoms with E-state index in [1.807, 2.05) is 0 Å². The van der Waals surface area contributed by atoms with Gasteiger partial charge >= 0.3 is 0 Å². The molecule has 0 bridgehead atoms. The van der Waals surface area contributed by atoms with Crippen LogP contribution in [0.1, 0.15) is 39.1 Å². The summed E-state index contributed by atoms with van der Waals surface area (Å²) in [6.45, 7) is 12.9. The molecule has 98 valence electrons. The van der Waals surface area contributed by atoms with Gasteiger partial charge in [-0.1, -0.05) is 13.8 Å². The van der Waals surface area contributed by atoms with Crippen molar-refractivity contribution < 1.29 is 0 Å². The molecule has 0 aliphatic heterocycles. The summed E-state index contributed by atoms with van der Waals surface area (Å²) < 4.78 is 3.28. The van der Waals surface area contributed by atoms with Gasteiger partial charge < -0.3 is 5.32 Å². The molecule has 1 heterocycles. The predicted molar refractivity (Wildman–Crippen MR) is 76.3 cm³/mol. The summed E-state index contributed by atoms with van der Waals surface area (Å²) in [5.74, 6) is 0.604. The highest BCUT2D eigenvalue weighted by atomic mass is 79.9. The van der Waals surface area contributed by atoms with E-state index in [-0.39, 0.29) is 0 Å². The van der Waals surface area contributed by atoms with Crippen LogP contribution in [0.4, 0.5) is 0 Å². The van der Waals surface area contributed by atoms with Crippen LogP contribution < -0.4 is 5.32 Å². The van der Waals surface area contributed by atoms with Crippen molar-refractivity contribution in [3.8, 4) is 0 Å². The molecule has 0 spiro atoms. The third-order valence-corrected chi connectivity index (χ3v) is 4.38. The maximum Gasteiger partial charge on any atom is 0.0738 e. The Balaban J connectivity index is 2.80. The molecule has 1 aromatic heterocycles. The van der Waals surface area contributed by atoms with Crippen LogP contribution in [0.2, 0.25) is 0 Å². The van der Waals surface area contributed by atoms with Crippen LogP contribution in [0.25, 0.3) is 0 Å². The summed E-state index contributed by atoms with van der Waals surface area (Å²) in [6, 6.07) is 0.535. The van der Waals surface area contributed by atoms with Gasteiger partial charge in [-0.3, -0.25) is 4.68 Å². The van der Waals surface area contributed by atoms with Crippen molar-refractivity contribution in [2.24, 2.45) is 5.92 Å². The van der Waals surface area contributed by atoms with Gasteiger partial charge in [0.2, 0.25) is 0 Å². The molecule has 2 atom stereocenters. The molecule has 0 saturated carbocycles. The molecule has 0 saturated heterocycles. The standard InChI is InChI=1S/C13H24BrN3/c1-6-15-10(4)9(3)8-12-13(14)11(5)16-17(12)7-2/h9-10,15H,6-8H2,1-5H3. The molecular formula is C13H24BrN3. The van der Waals surface area contributed by atoms with E-state index in [4.69, 9.17) is 0 Å². The Morgan fingerprint density at radius 3 is 2.53 bits per heavy atom. The minimum Gasteiger partial charge on any atom is -0.314 e. The summed E-state index contributed by atoms with van der Waals surface area (Å²) in [6.07, 6.45) is 1.06. The normalized spacial score (nSPS) is 14.9. The van der Waals surface area contributed by atoms with Gasteiger partial charge in [0.1, 0.15) is 0 Å². The Hall–Kier alpha value is -0.350. The second-order valence-electron chi connectivity index (χ2n) is 4.69. The summed E-state index contributed by atoms with van der Waals surface area (Å²) in [5.41, 5.74) is 2.41. The summed E-state index contributed by atoms with van der Waals surface area (Å²) >= 11 is 3.65. The number of hydrogen-bond acceptors (Lipinski definition) is 2. The highest BCUT2D eigenvalue weighted by Gasteiger charge is 2.18. The fourth-order valence-corrected chi connectivity index (χ4v) is 2.51. The average molecular weight is 302 g/mol. The quantitative estimate of drug-likeness (QED) is 0.875. The third kappa shape index (κ3) is 3.55. The topological polar surface area (TPSA) is 29.9 Å². The molecule has 1 rings (SSSR count). The van der Waals surface area contributed by atoms with E-state index < -0.39 is 0 Å². The fourth-order valence-electron chi connectivity index (χ4n) is 2.07. The van der Waals surface area contributed by atoms with Gasteiger partial charge in [0, 0.05) is 12.6 Å². The van der Waals surface area contributed by atoms with Crippen LogP contribution in [0, 0.1) is 12.8 Å². The van der Waals surface area contributed by atoms with Crippen molar-refractivity contribution in [1.29, 1.82) is 0 Å². The molecular weight excluding hydrogens is 278 g/mol. The van der Waals surface area contributed by atoms with Crippen molar-refractivity contribution in [2.45, 2.75) is 53.6 Å². The van der Waals surface area contributed by atoms with E-state index in [1.54, 1.807) is 0 Å². The van der Waals surface area contributed by atoms with Crippen LogP contribution in [-0.4, -0.2) is 22.4 Å². The minimum absolute atomic E-state index is 0.535. The van der Waals surface area contributed by atoms with E-state index in [1.165, 1.54) is 10.2 Å². The van der Waals surface area contributed by atoms with E-state index in [0.717, 1.165) is 25.2 Å². The molecule has 3 nitrogen and oxygen atoms in total. The Morgan fingerprint density at radius 1 is 1.35 bits per heavy atom. The largest absolute Gasteiger partial charge is 0.314 e. The lowest BCUT2D eigenvalue weighted by Gasteiger charge is -2.21. The highest BCUT2D eigenvalue weighted by molar-refractivity contribution is 9.10. The smallest absolute Gasteiger partial charge is 0.0738 e. The first-order valence-electron chi connectivity index (χ1n) is 6.46. The van der Waals surface area contributed by atoms with E-state index in [0.29, 0.717) is 12.0 Å². The Morgan fingerprint density at radius 2 is 2.00 bits per heavy atom. The second kappa shape index (κ2) is 6.55. The molecule has 0 aliphatic rings. The molecule has 1 aromatic rings.